The molecule has 0 fully saturated rings. The highest BCUT2D eigenvalue weighted by Crippen LogP contribution is 2.31. The average molecular weight is 345 g/mol. The first-order chi connectivity index (χ1) is 11.4. The zero-order valence-corrected chi connectivity index (χ0v) is 14.3. The molecule has 1 N–H and O–H groups in total. The highest BCUT2D eigenvalue weighted by atomic mass is 35.5. The summed E-state index contributed by atoms with van der Waals surface area (Å²) >= 11 is 5.87. The zero-order valence-electron chi connectivity index (χ0n) is 13.6. The maximum absolute atomic E-state index is 12.7. The van der Waals surface area contributed by atoms with Crippen LogP contribution in [0.25, 0.3) is 0 Å². The topological polar surface area (TPSA) is 71.3 Å². The molecule has 124 valence electrons. The molecule has 24 heavy (non-hydrogen) atoms. The molecule has 0 aromatic heterocycles. The Kier molecular flexibility index (Phi) is 5.32. The monoisotopic (exact) mass is 344 g/mol. The maximum Gasteiger partial charge on any atom is 0.249 e. The smallest absolute Gasteiger partial charge is 0.249 e. The first-order valence-electron chi connectivity index (χ1n) is 7.15. The van der Waals surface area contributed by atoms with Crippen molar-refractivity contribution in [3.63, 3.8) is 0 Å². The van der Waals surface area contributed by atoms with Gasteiger partial charge in [0.1, 0.15) is 0 Å². The van der Waals surface area contributed by atoms with Gasteiger partial charge in [0.25, 0.3) is 0 Å². The van der Waals surface area contributed by atoms with Crippen LogP contribution in [0.4, 0.5) is 5.69 Å². The molecule has 0 unspecified atom stereocenters. The number of anilines is 1. The van der Waals surface area contributed by atoms with Crippen LogP contribution in [0.3, 0.4) is 0 Å². The van der Waals surface area contributed by atoms with Crippen molar-refractivity contribution in [2.45, 2.75) is 12.3 Å². The van der Waals surface area contributed by atoms with Crippen LogP contribution in [0.2, 0.25) is 5.02 Å². The normalized spacial score (nSPS) is 12.6. The van der Waals surface area contributed by atoms with E-state index in [1.807, 2.05) is 0 Å². The zero-order chi connectivity index (χ0) is 17.7. The lowest BCUT2D eigenvalue weighted by Gasteiger charge is -2.21. The van der Waals surface area contributed by atoms with Crippen molar-refractivity contribution in [3.8, 4) is 17.6 Å². The second-order valence-electron chi connectivity index (χ2n) is 5.27. The van der Waals surface area contributed by atoms with Gasteiger partial charge in [-0.05, 0) is 36.8 Å². The SMILES string of the molecule is COc1ccc(NC(=O)[C@](C)(C#N)c2ccc(Cl)cc2)cc1OC. The minimum atomic E-state index is -1.35. The van der Waals surface area contributed by atoms with E-state index in [2.05, 4.69) is 11.4 Å². The molecule has 1 atom stereocenters. The van der Waals surface area contributed by atoms with Crippen molar-refractivity contribution in [1.82, 2.24) is 0 Å². The van der Waals surface area contributed by atoms with E-state index in [-0.39, 0.29) is 0 Å². The van der Waals surface area contributed by atoms with Crippen molar-refractivity contribution >= 4 is 23.2 Å². The fourth-order valence-corrected chi connectivity index (χ4v) is 2.33. The summed E-state index contributed by atoms with van der Waals surface area (Å²) in [6, 6.07) is 13.7. The Balaban J connectivity index is 2.30. The molecule has 0 heterocycles. The van der Waals surface area contributed by atoms with E-state index >= 15 is 0 Å². The highest BCUT2D eigenvalue weighted by molar-refractivity contribution is 6.30. The Labute approximate surface area is 145 Å². The summed E-state index contributed by atoms with van der Waals surface area (Å²) in [4.78, 5) is 12.7. The molecule has 0 aliphatic carbocycles. The van der Waals surface area contributed by atoms with E-state index < -0.39 is 11.3 Å². The van der Waals surface area contributed by atoms with Crippen LogP contribution < -0.4 is 14.8 Å². The first-order valence-corrected chi connectivity index (χ1v) is 7.53. The summed E-state index contributed by atoms with van der Waals surface area (Å²) in [5, 5.41) is 12.8. The van der Waals surface area contributed by atoms with Crippen molar-refractivity contribution in [2.24, 2.45) is 0 Å². The number of benzene rings is 2. The van der Waals surface area contributed by atoms with Gasteiger partial charge in [0.05, 0.1) is 20.3 Å². The van der Waals surface area contributed by atoms with Crippen LogP contribution in [0.5, 0.6) is 11.5 Å². The van der Waals surface area contributed by atoms with Gasteiger partial charge in [-0.3, -0.25) is 4.79 Å². The molecule has 1 amide bonds. The fraction of sp³-hybridized carbons (Fsp3) is 0.222. The van der Waals surface area contributed by atoms with Gasteiger partial charge in [0, 0.05) is 16.8 Å². The van der Waals surface area contributed by atoms with E-state index in [0.717, 1.165) is 0 Å². The van der Waals surface area contributed by atoms with Crippen molar-refractivity contribution in [3.05, 3.63) is 53.1 Å². The molecule has 0 aliphatic heterocycles. The van der Waals surface area contributed by atoms with Crippen LogP contribution in [0, 0.1) is 11.3 Å². The summed E-state index contributed by atoms with van der Waals surface area (Å²) in [5.74, 6) is 0.594. The van der Waals surface area contributed by atoms with E-state index in [0.29, 0.717) is 27.8 Å². The summed E-state index contributed by atoms with van der Waals surface area (Å²) in [6.45, 7) is 1.56. The number of carbonyl (C=O) groups excluding carboxylic acids is 1. The Morgan fingerprint density at radius 1 is 1.12 bits per heavy atom. The van der Waals surface area contributed by atoms with Gasteiger partial charge in [-0.1, -0.05) is 23.7 Å². The van der Waals surface area contributed by atoms with E-state index in [1.54, 1.807) is 49.4 Å². The predicted molar refractivity (Wildman–Crippen MR) is 92.6 cm³/mol. The molecule has 0 radical (unpaired) electrons. The standard InChI is InChI=1S/C18H17ClN2O3/c1-18(11-20,12-4-6-13(19)7-5-12)17(22)21-14-8-9-15(23-2)16(10-14)24-3/h4-10H,1-3H3,(H,21,22)/t18-/m1/s1. The number of carbonyl (C=O) groups is 1. The third-order valence-corrected chi connectivity index (χ3v) is 3.99. The second-order valence-corrected chi connectivity index (χ2v) is 5.70. The van der Waals surface area contributed by atoms with Crippen molar-refractivity contribution < 1.29 is 14.3 Å². The largest absolute Gasteiger partial charge is 0.493 e. The number of hydrogen-bond donors (Lipinski definition) is 1. The molecule has 0 aliphatic rings. The third-order valence-electron chi connectivity index (χ3n) is 3.74. The summed E-state index contributed by atoms with van der Waals surface area (Å²) in [6.07, 6.45) is 0. The number of halogens is 1. The van der Waals surface area contributed by atoms with E-state index in [1.165, 1.54) is 14.2 Å². The molecule has 6 heteroatoms. The van der Waals surface area contributed by atoms with Gasteiger partial charge >= 0.3 is 0 Å². The minimum Gasteiger partial charge on any atom is -0.493 e. The molecule has 0 bridgehead atoms. The van der Waals surface area contributed by atoms with E-state index in [4.69, 9.17) is 21.1 Å². The van der Waals surface area contributed by atoms with Crippen LogP contribution in [0.15, 0.2) is 42.5 Å². The van der Waals surface area contributed by atoms with Gasteiger partial charge in [0.2, 0.25) is 5.91 Å². The van der Waals surface area contributed by atoms with E-state index in [9.17, 15) is 10.1 Å². The van der Waals surface area contributed by atoms with Crippen molar-refractivity contribution in [1.29, 1.82) is 5.26 Å². The highest BCUT2D eigenvalue weighted by Gasteiger charge is 2.35. The molecule has 0 saturated carbocycles. The molecule has 2 aromatic carbocycles. The summed E-state index contributed by atoms with van der Waals surface area (Å²) in [7, 11) is 3.04. The van der Waals surface area contributed by atoms with Crippen LogP contribution >= 0.6 is 11.6 Å². The number of amides is 1. The molecular weight excluding hydrogens is 328 g/mol. The Morgan fingerprint density at radius 3 is 2.29 bits per heavy atom. The predicted octanol–water partition coefficient (Wildman–Crippen LogP) is 3.78. The van der Waals surface area contributed by atoms with Crippen LogP contribution in [-0.4, -0.2) is 20.1 Å². The molecule has 2 rings (SSSR count). The molecule has 2 aromatic rings. The van der Waals surface area contributed by atoms with Crippen LogP contribution in [0.1, 0.15) is 12.5 Å². The lowest BCUT2D eigenvalue weighted by Crippen LogP contribution is -2.36. The number of nitrogens with one attached hydrogen (secondary N) is 1. The summed E-state index contributed by atoms with van der Waals surface area (Å²) < 4.78 is 10.4. The lowest BCUT2D eigenvalue weighted by atomic mass is 9.83. The molecule has 5 nitrogen and oxygen atoms in total. The third kappa shape index (κ3) is 3.44. The maximum atomic E-state index is 12.7. The lowest BCUT2D eigenvalue weighted by molar-refractivity contribution is -0.119. The molecular formula is C18H17ClN2O3. The van der Waals surface area contributed by atoms with Gasteiger partial charge in [0.15, 0.2) is 16.9 Å². The minimum absolute atomic E-state index is 0.445. The number of nitriles is 1. The number of rotatable bonds is 5. The first kappa shape index (κ1) is 17.6. The van der Waals surface area contributed by atoms with Crippen LogP contribution in [-0.2, 0) is 10.2 Å². The van der Waals surface area contributed by atoms with Gasteiger partial charge < -0.3 is 14.8 Å². The average Bonchev–Trinajstić information content (AvgIpc) is 2.61. The number of nitrogens with zero attached hydrogens (tertiary/aromatic N) is 1. The number of methoxy groups -OCH3 is 2. The summed E-state index contributed by atoms with van der Waals surface area (Å²) in [5.41, 5.74) is -0.280. The quantitative estimate of drug-likeness (QED) is 0.896. The molecule has 0 saturated heterocycles. The fourth-order valence-electron chi connectivity index (χ4n) is 2.20. The molecule has 0 spiro atoms. The van der Waals surface area contributed by atoms with Gasteiger partial charge in [-0.2, -0.15) is 5.26 Å². The Bertz CT molecular complexity index is 784. The van der Waals surface area contributed by atoms with Crippen molar-refractivity contribution in [2.75, 3.05) is 19.5 Å². The van der Waals surface area contributed by atoms with Gasteiger partial charge in [-0.15, -0.1) is 0 Å². The number of ether oxygens (including phenoxy) is 2. The Hall–Kier alpha value is -2.71. The van der Waals surface area contributed by atoms with Gasteiger partial charge in [-0.25, -0.2) is 0 Å². The number of hydrogen-bond acceptors (Lipinski definition) is 4. The Morgan fingerprint density at radius 2 is 1.75 bits per heavy atom. The second kappa shape index (κ2) is 7.24.